The average Bonchev–Trinajstić information content (AvgIpc) is 2.03. The van der Waals surface area contributed by atoms with Gasteiger partial charge in [0.1, 0.15) is 6.33 Å². The van der Waals surface area contributed by atoms with Crippen LogP contribution in [0.15, 0.2) is 12.5 Å². The number of hydrogen-bond acceptors (Lipinski definition) is 4. The van der Waals surface area contributed by atoms with Crippen molar-refractivity contribution in [1.82, 2.24) is 9.97 Å². The van der Waals surface area contributed by atoms with Crippen LogP contribution < -0.4 is 0 Å². The van der Waals surface area contributed by atoms with Crippen LogP contribution in [0, 0.1) is 6.92 Å². The van der Waals surface area contributed by atoms with E-state index in [0.717, 1.165) is 0 Å². The molecule has 0 bridgehead atoms. The van der Waals surface area contributed by atoms with Crippen molar-refractivity contribution in [1.29, 1.82) is 0 Å². The highest BCUT2D eigenvalue weighted by Crippen LogP contribution is 2.17. The standard InChI is InChI=1S/C8H10N2O3/c1-5-6(3-9-4-10-5)7(11)2-8(12)13/h3-4,7,11H,2H2,1H3,(H,12,13)/t7-/m0/s1. The molecule has 0 aliphatic carbocycles. The van der Waals surface area contributed by atoms with Gasteiger partial charge in [-0.3, -0.25) is 4.79 Å². The molecule has 13 heavy (non-hydrogen) atoms. The maximum absolute atomic E-state index is 10.3. The number of hydrogen-bond donors (Lipinski definition) is 2. The highest BCUT2D eigenvalue weighted by atomic mass is 16.4. The summed E-state index contributed by atoms with van der Waals surface area (Å²) in [6, 6.07) is 0. The number of nitrogens with zero attached hydrogens (tertiary/aromatic N) is 2. The van der Waals surface area contributed by atoms with E-state index < -0.39 is 12.1 Å². The van der Waals surface area contributed by atoms with E-state index in [0.29, 0.717) is 11.3 Å². The van der Waals surface area contributed by atoms with Gasteiger partial charge in [-0.05, 0) is 6.92 Å². The summed E-state index contributed by atoms with van der Waals surface area (Å²) >= 11 is 0. The van der Waals surface area contributed by atoms with Crippen LogP contribution in [0.3, 0.4) is 0 Å². The Morgan fingerprint density at radius 3 is 2.92 bits per heavy atom. The van der Waals surface area contributed by atoms with Gasteiger partial charge in [0, 0.05) is 17.5 Å². The summed E-state index contributed by atoms with van der Waals surface area (Å²) in [5.74, 6) is -1.05. The Kier molecular flexibility index (Phi) is 2.92. The first-order chi connectivity index (χ1) is 6.11. The molecule has 2 N–H and O–H groups in total. The Morgan fingerprint density at radius 1 is 1.69 bits per heavy atom. The second kappa shape index (κ2) is 3.95. The number of rotatable bonds is 3. The molecule has 1 rings (SSSR count). The van der Waals surface area contributed by atoms with E-state index in [1.165, 1.54) is 12.5 Å². The van der Waals surface area contributed by atoms with Crippen molar-refractivity contribution in [2.24, 2.45) is 0 Å². The van der Waals surface area contributed by atoms with E-state index >= 15 is 0 Å². The quantitative estimate of drug-likeness (QED) is 0.702. The summed E-state index contributed by atoms with van der Waals surface area (Å²) in [4.78, 5) is 17.8. The molecule has 0 spiro atoms. The van der Waals surface area contributed by atoms with E-state index in [1.807, 2.05) is 0 Å². The van der Waals surface area contributed by atoms with Crippen LogP contribution in [-0.4, -0.2) is 26.2 Å². The van der Waals surface area contributed by atoms with Crippen molar-refractivity contribution >= 4 is 5.97 Å². The van der Waals surface area contributed by atoms with E-state index in [4.69, 9.17) is 5.11 Å². The minimum atomic E-state index is -1.05. The lowest BCUT2D eigenvalue weighted by molar-refractivity contribution is -0.139. The van der Waals surface area contributed by atoms with Crippen molar-refractivity contribution in [3.8, 4) is 0 Å². The number of carboxylic acid groups (broad SMARTS) is 1. The maximum atomic E-state index is 10.3. The van der Waals surface area contributed by atoms with E-state index in [-0.39, 0.29) is 6.42 Å². The summed E-state index contributed by atoms with van der Waals surface area (Å²) < 4.78 is 0. The third-order valence-electron chi connectivity index (χ3n) is 1.68. The molecular weight excluding hydrogens is 172 g/mol. The lowest BCUT2D eigenvalue weighted by atomic mass is 10.1. The molecule has 0 unspecified atom stereocenters. The molecule has 1 atom stereocenters. The van der Waals surface area contributed by atoms with Gasteiger partial charge in [0.2, 0.25) is 0 Å². The van der Waals surface area contributed by atoms with Crippen LogP contribution in [0.1, 0.15) is 23.8 Å². The Labute approximate surface area is 75.1 Å². The van der Waals surface area contributed by atoms with Crippen molar-refractivity contribution in [3.05, 3.63) is 23.8 Å². The molecule has 1 aromatic rings. The van der Waals surface area contributed by atoms with Gasteiger partial charge in [-0.2, -0.15) is 0 Å². The topological polar surface area (TPSA) is 83.3 Å². The number of aliphatic hydroxyl groups excluding tert-OH is 1. The van der Waals surface area contributed by atoms with E-state index in [1.54, 1.807) is 6.92 Å². The fraction of sp³-hybridized carbons (Fsp3) is 0.375. The molecule has 0 fully saturated rings. The van der Waals surface area contributed by atoms with Crippen LogP contribution in [0.2, 0.25) is 0 Å². The normalized spacial score (nSPS) is 12.5. The zero-order valence-electron chi connectivity index (χ0n) is 7.14. The largest absolute Gasteiger partial charge is 0.481 e. The molecule has 1 heterocycles. The van der Waals surface area contributed by atoms with Gasteiger partial charge >= 0.3 is 5.97 Å². The number of carboxylic acids is 1. The zero-order valence-corrected chi connectivity index (χ0v) is 7.14. The first-order valence-corrected chi connectivity index (χ1v) is 3.77. The fourth-order valence-electron chi connectivity index (χ4n) is 1.00. The minimum Gasteiger partial charge on any atom is -0.481 e. The summed E-state index contributed by atoms with van der Waals surface area (Å²) in [5, 5.41) is 17.8. The minimum absolute atomic E-state index is 0.325. The van der Waals surface area contributed by atoms with Gasteiger partial charge in [-0.25, -0.2) is 9.97 Å². The van der Waals surface area contributed by atoms with Gasteiger partial charge in [0.25, 0.3) is 0 Å². The third kappa shape index (κ3) is 2.48. The third-order valence-corrected chi connectivity index (χ3v) is 1.68. The molecule has 0 aliphatic heterocycles. The van der Waals surface area contributed by atoms with Gasteiger partial charge in [0.05, 0.1) is 12.5 Å². The predicted molar refractivity (Wildman–Crippen MR) is 44.0 cm³/mol. The monoisotopic (exact) mass is 182 g/mol. The molecule has 0 aliphatic rings. The molecule has 0 saturated heterocycles. The van der Waals surface area contributed by atoms with Crippen molar-refractivity contribution in [2.75, 3.05) is 0 Å². The number of aromatic nitrogens is 2. The highest BCUT2D eigenvalue weighted by Gasteiger charge is 2.14. The molecule has 70 valence electrons. The van der Waals surface area contributed by atoms with Gasteiger partial charge in [0.15, 0.2) is 0 Å². The number of aliphatic hydroxyl groups is 1. The summed E-state index contributed by atoms with van der Waals surface area (Å²) in [5.41, 5.74) is 1.06. The molecule has 0 radical (unpaired) electrons. The zero-order chi connectivity index (χ0) is 9.84. The van der Waals surface area contributed by atoms with Crippen molar-refractivity contribution < 1.29 is 15.0 Å². The second-order valence-electron chi connectivity index (χ2n) is 2.68. The second-order valence-corrected chi connectivity index (χ2v) is 2.68. The van der Waals surface area contributed by atoms with E-state index in [9.17, 15) is 9.90 Å². The Bertz CT molecular complexity index is 314. The van der Waals surface area contributed by atoms with E-state index in [2.05, 4.69) is 9.97 Å². The predicted octanol–water partition coefficient (Wildman–Crippen LogP) is 0.293. The molecule has 1 aromatic heterocycles. The smallest absolute Gasteiger partial charge is 0.306 e. The van der Waals surface area contributed by atoms with Gasteiger partial charge in [-0.1, -0.05) is 0 Å². The Hall–Kier alpha value is -1.49. The highest BCUT2D eigenvalue weighted by molar-refractivity contribution is 5.67. The van der Waals surface area contributed by atoms with Crippen molar-refractivity contribution in [3.63, 3.8) is 0 Å². The molecule has 0 aromatic carbocycles. The maximum Gasteiger partial charge on any atom is 0.306 e. The summed E-state index contributed by atoms with van der Waals surface area (Å²) in [6.07, 6.45) is 1.43. The van der Waals surface area contributed by atoms with Crippen LogP contribution in [0.4, 0.5) is 0 Å². The van der Waals surface area contributed by atoms with Gasteiger partial charge < -0.3 is 10.2 Å². The molecule has 5 nitrogen and oxygen atoms in total. The molecular formula is C8H10N2O3. The van der Waals surface area contributed by atoms with Crippen LogP contribution in [0.25, 0.3) is 0 Å². The van der Waals surface area contributed by atoms with Crippen molar-refractivity contribution in [2.45, 2.75) is 19.4 Å². The number of aliphatic carboxylic acids is 1. The van der Waals surface area contributed by atoms with Crippen LogP contribution >= 0.6 is 0 Å². The lowest BCUT2D eigenvalue weighted by Crippen LogP contribution is -2.08. The summed E-state index contributed by atoms with van der Waals surface area (Å²) in [7, 11) is 0. The van der Waals surface area contributed by atoms with Gasteiger partial charge in [-0.15, -0.1) is 0 Å². The SMILES string of the molecule is Cc1ncncc1[C@@H](O)CC(=O)O. The lowest BCUT2D eigenvalue weighted by Gasteiger charge is -2.08. The number of carbonyl (C=O) groups is 1. The fourth-order valence-corrected chi connectivity index (χ4v) is 1.00. The van der Waals surface area contributed by atoms with Crippen LogP contribution in [-0.2, 0) is 4.79 Å². The molecule has 0 amide bonds. The Morgan fingerprint density at radius 2 is 2.38 bits per heavy atom. The summed E-state index contributed by atoms with van der Waals surface area (Å²) in [6.45, 7) is 1.70. The van der Waals surface area contributed by atoms with Crippen LogP contribution in [0.5, 0.6) is 0 Å². The average molecular weight is 182 g/mol. The number of aryl methyl sites for hydroxylation is 1. The molecule has 5 heteroatoms. The Balaban J connectivity index is 2.82. The first kappa shape index (κ1) is 9.60. The first-order valence-electron chi connectivity index (χ1n) is 3.77. The molecule has 0 saturated carbocycles.